The Morgan fingerprint density at radius 2 is 2.04 bits per heavy atom. The highest BCUT2D eigenvalue weighted by atomic mass is 32.2. The van der Waals surface area contributed by atoms with E-state index in [1.54, 1.807) is 36.4 Å². The van der Waals surface area contributed by atoms with Crippen molar-refractivity contribution in [3.8, 4) is 0 Å². The van der Waals surface area contributed by atoms with E-state index in [0.29, 0.717) is 18.1 Å². The quantitative estimate of drug-likeness (QED) is 0.444. The zero-order valence-electron chi connectivity index (χ0n) is 14.5. The number of carbonyl (C=O) groups is 1. The van der Waals surface area contributed by atoms with Crippen molar-refractivity contribution in [1.29, 1.82) is 0 Å². The molecule has 0 saturated carbocycles. The van der Waals surface area contributed by atoms with Crippen LogP contribution in [0.25, 0.3) is 0 Å². The Bertz CT molecular complexity index is 831. The van der Waals surface area contributed by atoms with Crippen molar-refractivity contribution in [2.24, 2.45) is 7.05 Å². The van der Waals surface area contributed by atoms with Gasteiger partial charge in [-0.05, 0) is 30.7 Å². The van der Waals surface area contributed by atoms with Gasteiger partial charge in [0.1, 0.15) is 5.76 Å². The maximum absolute atomic E-state index is 12.1. The maximum Gasteiger partial charge on any atom is 0.286 e. The number of imidazole rings is 1. The molecule has 136 valence electrons. The molecule has 0 aliphatic heterocycles. The number of amides is 1. The molecule has 0 spiro atoms. The molecule has 2 N–H and O–H groups in total. The first-order valence-corrected chi connectivity index (χ1v) is 9.32. The molecule has 26 heavy (non-hydrogen) atoms. The van der Waals surface area contributed by atoms with E-state index in [4.69, 9.17) is 4.42 Å². The minimum atomic E-state index is -0.192. The Morgan fingerprint density at radius 3 is 2.81 bits per heavy atom. The van der Waals surface area contributed by atoms with Crippen LogP contribution >= 0.6 is 11.8 Å². The van der Waals surface area contributed by atoms with Gasteiger partial charge in [0, 0.05) is 50.6 Å². The maximum atomic E-state index is 12.1. The summed E-state index contributed by atoms with van der Waals surface area (Å²) in [4.78, 5) is 20.3. The Morgan fingerprint density at radius 1 is 1.19 bits per heavy atom. The van der Waals surface area contributed by atoms with Crippen molar-refractivity contribution in [2.45, 2.75) is 17.3 Å². The summed E-state index contributed by atoms with van der Waals surface area (Å²) in [5, 5.41) is 7.05. The fourth-order valence-corrected chi connectivity index (χ4v) is 3.11. The molecule has 0 unspecified atom stereocenters. The summed E-state index contributed by atoms with van der Waals surface area (Å²) in [5.74, 6) is 1.53. The lowest BCUT2D eigenvalue weighted by Gasteiger charge is -2.06. The third-order valence-electron chi connectivity index (χ3n) is 3.65. The second-order valence-electron chi connectivity index (χ2n) is 5.65. The Kier molecular flexibility index (Phi) is 6.32. The standard InChI is InChI=1S/C18H21N5O2S/c1-23-12-11-22-18(23)26-13-15-3-4-16(25-15)17(24)21-8-2-7-20-14-5-9-19-10-6-14/h3-6,9-12H,2,7-8,13H2,1H3,(H,19,20)(H,21,24). The third-order valence-corrected chi connectivity index (χ3v) is 4.73. The first-order valence-electron chi connectivity index (χ1n) is 8.33. The number of aryl methyl sites for hydroxylation is 1. The van der Waals surface area contributed by atoms with E-state index >= 15 is 0 Å². The molecule has 0 atom stereocenters. The number of rotatable bonds is 9. The van der Waals surface area contributed by atoms with Gasteiger partial charge < -0.3 is 19.6 Å². The fourth-order valence-electron chi connectivity index (χ4n) is 2.28. The molecule has 7 nitrogen and oxygen atoms in total. The van der Waals surface area contributed by atoms with Crippen LogP contribution < -0.4 is 10.6 Å². The lowest BCUT2D eigenvalue weighted by molar-refractivity contribution is 0.0924. The smallest absolute Gasteiger partial charge is 0.286 e. The van der Waals surface area contributed by atoms with Crippen LogP contribution in [0.3, 0.4) is 0 Å². The van der Waals surface area contributed by atoms with Gasteiger partial charge in [-0.3, -0.25) is 9.78 Å². The number of hydrogen-bond donors (Lipinski definition) is 2. The number of pyridine rings is 1. The van der Waals surface area contributed by atoms with E-state index in [2.05, 4.69) is 20.6 Å². The van der Waals surface area contributed by atoms with Crippen LogP contribution in [-0.2, 0) is 12.8 Å². The van der Waals surface area contributed by atoms with E-state index in [0.717, 1.165) is 29.6 Å². The second-order valence-corrected chi connectivity index (χ2v) is 6.59. The number of hydrogen-bond acceptors (Lipinski definition) is 6. The van der Waals surface area contributed by atoms with Crippen LogP contribution in [0, 0.1) is 0 Å². The Balaban J connectivity index is 1.37. The molecule has 0 fully saturated rings. The first kappa shape index (κ1) is 18.1. The van der Waals surface area contributed by atoms with Gasteiger partial charge in [0.05, 0.1) is 5.75 Å². The topological polar surface area (TPSA) is 85.0 Å². The highest BCUT2D eigenvalue weighted by molar-refractivity contribution is 7.98. The second kappa shape index (κ2) is 9.10. The van der Waals surface area contributed by atoms with Gasteiger partial charge in [-0.1, -0.05) is 11.8 Å². The molecule has 3 aromatic rings. The van der Waals surface area contributed by atoms with Crippen molar-refractivity contribution in [3.63, 3.8) is 0 Å². The molecular formula is C18H21N5O2S. The molecular weight excluding hydrogens is 350 g/mol. The van der Waals surface area contributed by atoms with Gasteiger partial charge >= 0.3 is 0 Å². The van der Waals surface area contributed by atoms with Gasteiger partial charge in [-0.25, -0.2) is 4.98 Å². The SMILES string of the molecule is Cn1ccnc1SCc1ccc(C(=O)NCCCNc2ccncc2)o1. The summed E-state index contributed by atoms with van der Waals surface area (Å²) in [6.07, 6.45) is 7.95. The Labute approximate surface area is 156 Å². The lowest BCUT2D eigenvalue weighted by Crippen LogP contribution is -2.25. The predicted molar refractivity (Wildman–Crippen MR) is 101 cm³/mol. The highest BCUT2D eigenvalue weighted by Crippen LogP contribution is 2.21. The molecule has 1 amide bonds. The van der Waals surface area contributed by atoms with Crippen LogP contribution in [0.4, 0.5) is 5.69 Å². The van der Waals surface area contributed by atoms with Crippen LogP contribution in [0.15, 0.2) is 58.6 Å². The average Bonchev–Trinajstić information content (AvgIpc) is 3.29. The number of thioether (sulfide) groups is 1. The molecule has 0 saturated heterocycles. The van der Waals surface area contributed by atoms with Crippen molar-refractivity contribution in [3.05, 3.63) is 60.6 Å². The van der Waals surface area contributed by atoms with E-state index in [9.17, 15) is 4.79 Å². The van der Waals surface area contributed by atoms with Gasteiger partial charge in [0.2, 0.25) is 0 Å². The molecule has 8 heteroatoms. The molecule has 3 rings (SSSR count). The summed E-state index contributed by atoms with van der Waals surface area (Å²) in [5.41, 5.74) is 1.02. The lowest BCUT2D eigenvalue weighted by atomic mass is 10.3. The first-order chi connectivity index (χ1) is 12.7. The number of carbonyl (C=O) groups excluding carboxylic acids is 1. The largest absolute Gasteiger partial charge is 0.455 e. The van der Waals surface area contributed by atoms with Crippen LogP contribution in [0.5, 0.6) is 0 Å². The Hall–Kier alpha value is -2.74. The minimum Gasteiger partial charge on any atom is -0.455 e. The summed E-state index contributed by atoms with van der Waals surface area (Å²) >= 11 is 1.57. The number of anilines is 1. The number of aromatic nitrogens is 3. The summed E-state index contributed by atoms with van der Waals surface area (Å²) in [6.45, 7) is 1.35. The fraction of sp³-hybridized carbons (Fsp3) is 0.278. The molecule has 3 aromatic heterocycles. The normalized spacial score (nSPS) is 10.7. The molecule has 0 aliphatic rings. The van der Waals surface area contributed by atoms with Crippen molar-refractivity contribution in [1.82, 2.24) is 19.9 Å². The zero-order valence-corrected chi connectivity index (χ0v) is 15.3. The highest BCUT2D eigenvalue weighted by Gasteiger charge is 2.11. The number of furan rings is 1. The number of nitrogens with zero attached hydrogens (tertiary/aromatic N) is 3. The van der Waals surface area contributed by atoms with Crippen molar-refractivity contribution < 1.29 is 9.21 Å². The molecule has 0 radical (unpaired) electrons. The third kappa shape index (κ3) is 5.13. The molecule has 3 heterocycles. The van der Waals surface area contributed by atoms with Crippen LogP contribution in [0.2, 0.25) is 0 Å². The number of nitrogens with one attached hydrogen (secondary N) is 2. The van der Waals surface area contributed by atoms with E-state index in [1.807, 2.05) is 36.0 Å². The molecule has 0 bridgehead atoms. The van der Waals surface area contributed by atoms with E-state index in [-0.39, 0.29) is 5.91 Å². The monoisotopic (exact) mass is 371 g/mol. The predicted octanol–water partition coefficient (Wildman–Crippen LogP) is 2.93. The average molecular weight is 371 g/mol. The van der Waals surface area contributed by atoms with Crippen LogP contribution in [-0.4, -0.2) is 33.5 Å². The van der Waals surface area contributed by atoms with Gasteiger partial charge in [0.25, 0.3) is 5.91 Å². The van der Waals surface area contributed by atoms with Crippen molar-refractivity contribution >= 4 is 23.4 Å². The molecule has 0 aliphatic carbocycles. The minimum absolute atomic E-state index is 0.192. The van der Waals surface area contributed by atoms with Gasteiger partial charge in [-0.2, -0.15) is 0 Å². The van der Waals surface area contributed by atoms with Gasteiger partial charge in [-0.15, -0.1) is 0 Å². The van der Waals surface area contributed by atoms with Crippen LogP contribution in [0.1, 0.15) is 22.7 Å². The summed E-state index contributed by atoms with van der Waals surface area (Å²) < 4.78 is 7.56. The molecule has 0 aromatic carbocycles. The summed E-state index contributed by atoms with van der Waals surface area (Å²) in [6, 6.07) is 7.35. The summed E-state index contributed by atoms with van der Waals surface area (Å²) in [7, 11) is 1.94. The van der Waals surface area contributed by atoms with E-state index < -0.39 is 0 Å². The van der Waals surface area contributed by atoms with Crippen molar-refractivity contribution in [2.75, 3.05) is 18.4 Å². The van der Waals surface area contributed by atoms with E-state index in [1.165, 1.54) is 0 Å². The van der Waals surface area contributed by atoms with Gasteiger partial charge in [0.15, 0.2) is 10.9 Å². The zero-order chi connectivity index (χ0) is 18.2.